The van der Waals surface area contributed by atoms with Crippen LogP contribution in [0.3, 0.4) is 0 Å². The van der Waals surface area contributed by atoms with Crippen LogP contribution in [-0.4, -0.2) is 6.21 Å². The first-order valence-corrected chi connectivity index (χ1v) is 10.7. The SMILES string of the molecule is CCCCCCCCc1ccc(/C=N\NCc2ccc(CCC)cc2)cc1. The lowest BCUT2D eigenvalue weighted by Gasteiger charge is -2.04. The van der Waals surface area contributed by atoms with Crippen molar-refractivity contribution in [2.75, 3.05) is 0 Å². The molecular weight excluding hydrogens is 328 g/mol. The molecule has 0 amide bonds. The van der Waals surface area contributed by atoms with Crippen molar-refractivity contribution in [3.05, 3.63) is 70.8 Å². The Morgan fingerprint density at radius 2 is 1.26 bits per heavy atom. The van der Waals surface area contributed by atoms with Gasteiger partial charge >= 0.3 is 0 Å². The molecule has 1 N–H and O–H groups in total. The first kappa shape index (κ1) is 21.2. The summed E-state index contributed by atoms with van der Waals surface area (Å²) in [6.45, 7) is 5.25. The molecule has 0 aromatic heterocycles. The van der Waals surface area contributed by atoms with Crippen molar-refractivity contribution in [1.82, 2.24) is 5.43 Å². The third-order valence-electron chi connectivity index (χ3n) is 4.95. The zero-order valence-corrected chi connectivity index (χ0v) is 17.2. The Balaban J connectivity index is 1.66. The second-order valence-electron chi connectivity index (χ2n) is 7.42. The summed E-state index contributed by atoms with van der Waals surface area (Å²) in [5.41, 5.74) is 8.40. The van der Waals surface area contributed by atoms with E-state index in [9.17, 15) is 0 Å². The highest BCUT2D eigenvalue weighted by molar-refractivity contribution is 5.79. The quantitative estimate of drug-likeness (QED) is 0.240. The predicted molar refractivity (Wildman–Crippen MR) is 118 cm³/mol. The Bertz CT molecular complexity index is 641. The molecule has 2 nitrogen and oxygen atoms in total. The number of hydrogen-bond acceptors (Lipinski definition) is 2. The molecule has 0 fully saturated rings. The number of nitrogens with one attached hydrogen (secondary N) is 1. The number of rotatable bonds is 13. The van der Waals surface area contributed by atoms with Gasteiger partial charge in [-0.2, -0.15) is 5.10 Å². The number of unbranched alkanes of at least 4 members (excludes halogenated alkanes) is 5. The first-order valence-electron chi connectivity index (χ1n) is 10.7. The van der Waals surface area contributed by atoms with E-state index in [2.05, 4.69) is 72.9 Å². The van der Waals surface area contributed by atoms with E-state index in [0.717, 1.165) is 18.5 Å². The normalized spacial score (nSPS) is 11.2. The summed E-state index contributed by atoms with van der Waals surface area (Å²) in [7, 11) is 0. The van der Waals surface area contributed by atoms with Crippen LogP contribution in [0.2, 0.25) is 0 Å². The standard InChI is InChI=1S/C25H36N2/c1-3-5-6-7-8-9-11-23-14-18-25(19-15-23)21-27-26-20-24-16-12-22(10-4-2)13-17-24/h12-19,21,26H,3-11,20H2,1-2H3/b27-21-. The summed E-state index contributed by atoms with van der Waals surface area (Å²) >= 11 is 0. The average Bonchev–Trinajstić information content (AvgIpc) is 2.70. The van der Waals surface area contributed by atoms with Crippen LogP contribution >= 0.6 is 0 Å². The molecule has 2 heteroatoms. The van der Waals surface area contributed by atoms with E-state index in [1.165, 1.54) is 68.1 Å². The zero-order valence-electron chi connectivity index (χ0n) is 17.2. The van der Waals surface area contributed by atoms with Crippen molar-refractivity contribution < 1.29 is 0 Å². The molecule has 0 spiro atoms. The molecule has 0 radical (unpaired) electrons. The third kappa shape index (κ3) is 8.90. The second-order valence-corrected chi connectivity index (χ2v) is 7.42. The van der Waals surface area contributed by atoms with E-state index in [1.54, 1.807) is 0 Å². The molecule has 0 atom stereocenters. The molecule has 0 saturated carbocycles. The van der Waals surface area contributed by atoms with Crippen LogP contribution in [-0.2, 0) is 19.4 Å². The maximum absolute atomic E-state index is 4.35. The van der Waals surface area contributed by atoms with Gasteiger partial charge in [0.1, 0.15) is 0 Å². The van der Waals surface area contributed by atoms with Crippen LogP contribution in [0.1, 0.15) is 81.0 Å². The molecule has 2 aromatic carbocycles. The van der Waals surface area contributed by atoms with Crippen molar-refractivity contribution in [3.8, 4) is 0 Å². The molecule has 0 saturated heterocycles. The van der Waals surface area contributed by atoms with Gasteiger partial charge in [-0.05, 0) is 41.5 Å². The van der Waals surface area contributed by atoms with Crippen LogP contribution in [0.15, 0.2) is 53.6 Å². The lowest BCUT2D eigenvalue weighted by atomic mass is 10.0. The molecular formula is C25H36N2. The van der Waals surface area contributed by atoms with Gasteiger partial charge in [0.2, 0.25) is 0 Å². The van der Waals surface area contributed by atoms with Crippen molar-refractivity contribution in [1.29, 1.82) is 0 Å². The van der Waals surface area contributed by atoms with E-state index in [-0.39, 0.29) is 0 Å². The fourth-order valence-corrected chi connectivity index (χ4v) is 3.25. The van der Waals surface area contributed by atoms with Gasteiger partial charge in [0.25, 0.3) is 0 Å². The molecule has 0 aliphatic rings. The van der Waals surface area contributed by atoms with E-state index >= 15 is 0 Å². The molecule has 0 heterocycles. The molecule has 2 aromatic rings. The lowest BCUT2D eigenvalue weighted by molar-refractivity contribution is 0.607. The Hall–Kier alpha value is -2.09. The second kappa shape index (κ2) is 13.1. The van der Waals surface area contributed by atoms with Crippen molar-refractivity contribution in [2.45, 2.75) is 78.2 Å². The van der Waals surface area contributed by atoms with Crippen LogP contribution in [0.25, 0.3) is 0 Å². The Morgan fingerprint density at radius 3 is 1.96 bits per heavy atom. The summed E-state index contributed by atoms with van der Waals surface area (Å²) in [6.07, 6.45) is 13.6. The van der Waals surface area contributed by atoms with Crippen LogP contribution in [0.4, 0.5) is 0 Å². The predicted octanol–water partition coefficient (Wildman–Crippen LogP) is 6.67. The van der Waals surface area contributed by atoms with E-state index in [4.69, 9.17) is 0 Å². The molecule has 27 heavy (non-hydrogen) atoms. The monoisotopic (exact) mass is 364 g/mol. The lowest BCUT2D eigenvalue weighted by Crippen LogP contribution is -2.05. The zero-order chi connectivity index (χ0) is 19.2. The van der Waals surface area contributed by atoms with Gasteiger partial charge in [-0.25, -0.2) is 0 Å². The third-order valence-corrected chi connectivity index (χ3v) is 4.95. The Kier molecular flexibility index (Phi) is 10.3. The summed E-state index contributed by atoms with van der Waals surface area (Å²) in [4.78, 5) is 0. The van der Waals surface area contributed by atoms with Gasteiger partial charge in [-0.15, -0.1) is 0 Å². The van der Waals surface area contributed by atoms with Crippen molar-refractivity contribution in [3.63, 3.8) is 0 Å². The van der Waals surface area contributed by atoms with Crippen molar-refractivity contribution >= 4 is 6.21 Å². The fraction of sp³-hybridized carbons (Fsp3) is 0.480. The Morgan fingerprint density at radius 1 is 0.667 bits per heavy atom. The van der Waals surface area contributed by atoms with Gasteiger partial charge in [-0.1, -0.05) is 101 Å². The van der Waals surface area contributed by atoms with E-state index in [0.29, 0.717) is 0 Å². The number of hydrogen-bond donors (Lipinski definition) is 1. The smallest absolute Gasteiger partial charge is 0.0580 e. The highest BCUT2D eigenvalue weighted by atomic mass is 15.3. The molecule has 146 valence electrons. The maximum Gasteiger partial charge on any atom is 0.0580 e. The topological polar surface area (TPSA) is 24.4 Å². The minimum absolute atomic E-state index is 0.763. The van der Waals surface area contributed by atoms with Gasteiger partial charge in [0.05, 0.1) is 12.8 Å². The molecule has 0 unspecified atom stereocenters. The molecule has 0 aliphatic carbocycles. The number of nitrogens with zero attached hydrogens (tertiary/aromatic N) is 1. The largest absolute Gasteiger partial charge is 0.306 e. The summed E-state index contributed by atoms with van der Waals surface area (Å²) < 4.78 is 0. The summed E-state index contributed by atoms with van der Waals surface area (Å²) in [5, 5.41) is 4.35. The van der Waals surface area contributed by atoms with Gasteiger partial charge in [0.15, 0.2) is 0 Å². The van der Waals surface area contributed by atoms with Crippen LogP contribution < -0.4 is 5.43 Å². The molecule has 2 rings (SSSR count). The summed E-state index contributed by atoms with van der Waals surface area (Å²) in [6, 6.07) is 17.6. The van der Waals surface area contributed by atoms with E-state index < -0.39 is 0 Å². The van der Waals surface area contributed by atoms with Gasteiger partial charge in [-0.3, -0.25) is 0 Å². The average molecular weight is 365 g/mol. The maximum atomic E-state index is 4.35. The van der Waals surface area contributed by atoms with E-state index in [1.807, 2.05) is 6.21 Å². The number of hydrazone groups is 1. The summed E-state index contributed by atoms with van der Waals surface area (Å²) in [5.74, 6) is 0. The Labute approximate surface area is 166 Å². The minimum atomic E-state index is 0.763. The molecule has 0 aliphatic heterocycles. The minimum Gasteiger partial charge on any atom is -0.306 e. The highest BCUT2D eigenvalue weighted by Crippen LogP contribution is 2.11. The van der Waals surface area contributed by atoms with Gasteiger partial charge < -0.3 is 5.43 Å². The van der Waals surface area contributed by atoms with Crippen molar-refractivity contribution in [2.24, 2.45) is 5.10 Å². The van der Waals surface area contributed by atoms with Crippen LogP contribution in [0.5, 0.6) is 0 Å². The number of benzene rings is 2. The number of aryl methyl sites for hydroxylation is 2. The molecule has 0 bridgehead atoms. The fourth-order valence-electron chi connectivity index (χ4n) is 3.25. The first-order chi connectivity index (χ1) is 13.3. The van der Waals surface area contributed by atoms with Crippen LogP contribution in [0, 0.1) is 0 Å². The highest BCUT2D eigenvalue weighted by Gasteiger charge is 1.96. The van der Waals surface area contributed by atoms with Gasteiger partial charge in [0, 0.05) is 0 Å².